The number of methoxy groups -OCH3 is 1. The van der Waals surface area contributed by atoms with Gasteiger partial charge in [0.25, 0.3) is 0 Å². The van der Waals surface area contributed by atoms with E-state index >= 15 is 0 Å². The highest BCUT2D eigenvalue weighted by Crippen LogP contribution is 2.22. The van der Waals surface area contributed by atoms with Crippen molar-refractivity contribution < 1.29 is 19.0 Å². The van der Waals surface area contributed by atoms with Crippen molar-refractivity contribution in [1.82, 2.24) is 0 Å². The van der Waals surface area contributed by atoms with Crippen LogP contribution in [0.15, 0.2) is 33.5 Å². The maximum atomic E-state index is 11.9. The Balaban J connectivity index is 1.47. The summed E-state index contributed by atoms with van der Waals surface area (Å²) >= 11 is 0. The summed E-state index contributed by atoms with van der Waals surface area (Å²) in [5, 5.41) is 0.999. The third kappa shape index (κ3) is 3.79. The van der Waals surface area contributed by atoms with Crippen LogP contribution in [0, 0.1) is 0 Å². The fourth-order valence-corrected chi connectivity index (χ4v) is 4.77. The Morgan fingerprint density at radius 2 is 1.85 bits per heavy atom. The van der Waals surface area contributed by atoms with Gasteiger partial charge in [-0.3, -0.25) is 0 Å². The van der Waals surface area contributed by atoms with Crippen LogP contribution in [-0.4, -0.2) is 39.3 Å². The maximum absolute atomic E-state index is 11.9. The summed E-state index contributed by atoms with van der Waals surface area (Å²) in [6.07, 6.45) is 7.08. The van der Waals surface area contributed by atoms with Gasteiger partial charge in [0.05, 0.1) is 13.2 Å². The Kier molecular flexibility index (Phi) is 5.27. The largest absolute Gasteiger partial charge is 0.497 e. The molecule has 1 aliphatic heterocycles. The predicted octanol–water partition coefficient (Wildman–Crippen LogP) is 0.418. The van der Waals surface area contributed by atoms with Crippen molar-refractivity contribution in [1.29, 1.82) is 0 Å². The summed E-state index contributed by atoms with van der Waals surface area (Å²) in [7, 11) is 1.67. The number of benzene rings is 1. The Morgan fingerprint density at radius 3 is 2.58 bits per heavy atom. The van der Waals surface area contributed by atoms with E-state index in [0.717, 1.165) is 29.3 Å². The minimum atomic E-state index is -0.261. The summed E-state index contributed by atoms with van der Waals surface area (Å²) in [5.74, 6) is 0.800. The summed E-state index contributed by atoms with van der Waals surface area (Å²) in [5.41, 5.74) is 1.47. The molecule has 0 bridgehead atoms. The van der Waals surface area contributed by atoms with E-state index in [4.69, 9.17) is 9.15 Å². The predicted molar refractivity (Wildman–Crippen MR) is 101 cm³/mol. The lowest BCUT2D eigenvalue weighted by Crippen LogP contribution is -3.29. The van der Waals surface area contributed by atoms with Crippen molar-refractivity contribution in [3.8, 4) is 5.75 Å². The van der Waals surface area contributed by atoms with Crippen LogP contribution in [0.25, 0.3) is 11.0 Å². The van der Waals surface area contributed by atoms with Gasteiger partial charge in [0.15, 0.2) is 0 Å². The molecular formula is C21H30N2O3+2. The summed E-state index contributed by atoms with van der Waals surface area (Å²) in [6.45, 7) is 5.74. The zero-order chi connectivity index (χ0) is 17.9. The fourth-order valence-electron chi connectivity index (χ4n) is 4.77. The first-order chi connectivity index (χ1) is 12.7. The van der Waals surface area contributed by atoms with Crippen molar-refractivity contribution in [2.45, 2.75) is 44.7 Å². The average molecular weight is 358 g/mol. The van der Waals surface area contributed by atoms with Gasteiger partial charge in [-0.2, -0.15) is 0 Å². The summed E-state index contributed by atoms with van der Waals surface area (Å²) < 4.78 is 10.7. The molecule has 2 fully saturated rings. The van der Waals surface area contributed by atoms with E-state index in [2.05, 4.69) is 0 Å². The highest BCUT2D eigenvalue weighted by atomic mass is 16.5. The fraction of sp³-hybridized carbons (Fsp3) is 0.571. The van der Waals surface area contributed by atoms with Crippen LogP contribution < -0.4 is 20.2 Å². The van der Waals surface area contributed by atoms with Crippen LogP contribution in [-0.2, 0) is 6.54 Å². The second-order valence-corrected chi connectivity index (χ2v) is 7.87. The molecule has 4 rings (SSSR count). The second-order valence-electron chi connectivity index (χ2n) is 7.87. The van der Waals surface area contributed by atoms with E-state index in [1.54, 1.807) is 18.1 Å². The molecule has 5 nitrogen and oxygen atoms in total. The topological polar surface area (TPSA) is 48.3 Å². The van der Waals surface area contributed by atoms with Crippen molar-refractivity contribution in [2.75, 3.05) is 33.3 Å². The van der Waals surface area contributed by atoms with Crippen LogP contribution in [0.1, 0.15) is 37.7 Å². The Morgan fingerprint density at radius 1 is 1.08 bits per heavy atom. The smallest absolute Gasteiger partial charge is 0.336 e. The van der Waals surface area contributed by atoms with Crippen LogP contribution in [0.2, 0.25) is 0 Å². The number of rotatable bonds is 4. The zero-order valence-electron chi connectivity index (χ0n) is 15.7. The highest BCUT2D eigenvalue weighted by molar-refractivity contribution is 5.81. The van der Waals surface area contributed by atoms with E-state index in [0.29, 0.717) is 5.58 Å². The van der Waals surface area contributed by atoms with Gasteiger partial charge in [-0.1, -0.05) is 6.42 Å². The van der Waals surface area contributed by atoms with Crippen LogP contribution in [0.5, 0.6) is 5.75 Å². The minimum Gasteiger partial charge on any atom is -0.497 e. The Hall–Kier alpha value is -1.85. The number of quaternary nitrogens is 2. The van der Waals surface area contributed by atoms with Gasteiger partial charge in [0.1, 0.15) is 44.1 Å². The SMILES string of the molecule is COc1ccc2oc(=O)cc(C[NH+]3CC[NH+](C4CCCCC4)CC3)c2c1. The number of ether oxygens (including phenoxy) is 1. The second kappa shape index (κ2) is 7.80. The first kappa shape index (κ1) is 17.6. The number of hydrogen-bond acceptors (Lipinski definition) is 3. The molecule has 5 heteroatoms. The molecule has 1 saturated carbocycles. The van der Waals surface area contributed by atoms with E-state index < -0.39 is 0 Å². The molecule has 0 atom stereocenters. The molecule has 2 heterocycles. The van der Waals surface area contributed by atoms with Crippen molar-refractivity contribution >= 4 is 11.0 Å². The first-order valence-corrected chi connectivity index (χ1v) is 10.0. The first-order valence-electron chi connectivity index (χ1n) is 10.0. The summed E-state index contributed by atoms with van der Waals surface area (Å²) in [4.78, 5) is 15.3. The van der Waals surface area contributed by atoms with E-state index in [-0.39, 0.29) is 5.63 Å². The van der Waals surface area contributed by atoms with Gasteiger partial charge in [-0.05, 0) is 43.9 Å². The number of fused-ring (bicyclic) bond motifs is 1. The molecule has 2 aliphatic rings. The number of nitrogens with one attached hydrogen (secondary N) is 2. The van der Waals surface area contributed by atoms with Gasteiger partial charge in [-0.15, -0.1) is 0 Å². The maximum Gasteiger partial charge on any atom is 0.336 e. The van der Waals surface area contributed by atoms with Crippen LogP contribution in [0.4, 0.5) is 0 Å². The highest BCUT2D eigenvalue weighted by Gasteiger charge is 2.30. The van der Waals surface area contributed by atoms with Gasteiger partial charge in [0.2, 0.25) is 0 Å². The van der Waals surface area contributed by atoms with Gasteiger partial charge < -0.3 is 19.0 Å². The van der Waals surface area contributed by atoms with Gasteiger partial charge in [0, 0.05) is 17.0 Å². The number of hydrogen-bond donors (Lipinski definition) is 2. The molecule has 1 aromatic carbocycles. The van der Waals surface area contributed by atoms with Crippen molar-refractivity contribution in [3.63, 3.8) is 0 Å². The van der Waals surface area contributed by atoms with Crippen molar-refractivity contribution in [2.24, 2.45) is 0 Å². The van der Waals surface area contributed by atoms with Gasteiger partial charge in [-0.25, -0.2) is 4.79 Å². The zero-order valence-corrected chi connectivity index (χ0v) is 15.7. The monoisotopic (exact) mass is 358 g/mol. The molecule has 0 radical (unpaired) electrons. The molecule has 1 saturated heterocycles. The molecule has 26 heavy (non-hydrogen) atoms. The lowest BCUT2D eigenvalue weighted by atomic mass is 9.94. The molecule has 2 aromatic rings. The quantitative estimate of drug-likeness (QED) is 0.779. The lowest BCUT2D eigenvalue weighted by Gasteiger charge is -2.36. The summed E-state index contributed by atoms with van der Waals surface area (Å²) in [6, 6.07) is 8.21. The molecule has 0 spiro atoms. The normalized spacial score (nSPS) is 24.7. The lowest BCUT2D eigenvalue weighted by molar-refractivity contribution is -1.03. The molecule has 1 aromatic heterocycles. The molecular weight excluding hydrogens is 328 g/mol. The average Bonchev–Trinajstić information content (AvgIpc) is 2.69. The third-order valence-corrected chi connectivity index (χ3v) is 6.26. The number of piperazine rings is 1. The van der Waals surface area contributed by atoms with E-state index in [1.165, 1.54) is 58.3 Å². The molecule has 0 unspecified atom stereocenters. The standard InChI is InChI=1S/C21H28N2O3/c1-25-18-7-8-20-19(14-18)16(13-21(24)26-20)15-22-9-11-23(12-10-22)17-5-3-2-4-6-17/h7-8,13-14,17H,2-6,9-12,15H2,1H3/p+2. The Labute approximate surface area is 154 Å². The molecule has 2 N–H and O–H groups in total. The van der Waals surface area contributed by atoms with Gasteiger partial charge >= 0.3 is 5.63 Å². The van der Waals surface area contributed by atoms with E-state index in [1.807, 2.05) is 23.1 Å². The van der Waals surface area contributed by atoms with Crippen LogP contribution in [0.3, 0.4) is 0 Å². The molecule has 1 aliphatic carbocycles. The van der Waals surface area contributed by atoms with E-state index in [9.17, 15) is 4.79 Å². The molecule has 0 amide bonds. The minimum absolute atomic E-state index is 0.261. The van der Waals surface area contributed by atoms with Crippen molar-refractivity contribution in [3.05, 3.63) is 40.2 Å². The third-order valence-electron chi connectivity index (χ3n) is 6.26. The van der Waals surface area contributed by atoms with Crippen LogP contribution >= 0.6 is 0 Å². The Bertz CT molecular complexity index is 802. The molecule has 140 valence electrons.